The number of aromatic nitrogens is 1. The van der Waals surface area contributed by atoms with E-state index in [4.69, 9.17) is 4.74 Å². The number of carbonyl (C=O) groups excluding carboxylic acids is 1. The Balaban J connectivity index is 1.97. The van der Waals surface area contributed by atoms with Crippen molar-refractivity contribution in [3.05, 3.63) is 70.5 Å². The van der Waals surface area contributed by atoms with E-state index in [-0.39, 0.29) is 5.97 Å². The summed E-state index contributed by atoms with van der Waals surface area (Å²) in [4.78, 5) is 18.1. The first-order chi connectivity index (χ1) is 12.2. The van der Waals surface area contributed by atoms with Crippen LogP contribution in [0.15, 0.2) is 64.9 Å². The lowest BCUT2D eigenvalue weighted by Gasteiger charge is -2.03. The molecule has 0 aliphatic heterocycles. The summed E-state index contributed by atoms with van der Waals surface area (Å²) in [6.45, 7) is 0. The van der Waals surface area contributed by atoms with E-state index in [1.165, 1.54) is 23.3 Å². The molecule has 0 aliphatic rings. The van der Waals surface area contributed by atoms with Crippen molar-refractivity contribution in [2.45, 2.75) is 4.90 Å². The number of benzene rings is 2. The van der Waals surface area contributed by atoms with Crippen LogP contribution in [0.4, 0.5) is 0 Å². The molecule has 0 radical (unpaired) electrons. The molecule has 0 unspecified atom stereocenters. The number of thiazole rings is 1. The Morgan fingerprint density at radius 1 is 1.12 bits per heavy atom. The minimum atomic E-state index is -0.386. The number of rotatable bonds is 5. The summed E-state index contributed by atoms with van der Waals surface area (Å²) in [5, 5.41) is 2.61. The first-order valence-electron chi connectivity index (χ1n) is 7.66. The van der Waals surface area contributed by atoms with E-state index in [1.807, 2.05) is 72.3 Å². The largest absolute Gasteiger partial charge is 0.465 e. The SMILES string of the molecule is COC(=O)/C(=C\c1ccc(SC)cc1)c1nc(-c2ccccc2)cs1. The molecular weight excluding hydrogens is 350 g/mol. The van der Waals surface area contributed by atoms with Gasteiger partial charge >= 0.3 is 5.97 Å². The summed E-state index contributed by atoms with van der Waals surface area (Å²) in [6, 6.07) is 17.9. The van der Waals surface area contributed by atoms with E-state index in [0.717, 1.165) is 16.8 Å². The fourth-order valence-corrected chi connectivity index (χ4v) is 3.56. The summed E-state index contributed by atoms with van der Waals surface area (Å²) in [7, 11) is 1.39. The Bertz CT molecular complexity index is 884. The summed E-state index contributed by atoms with van der Waals surface area (Å²) in [5.41, 5.74) is 3.29. The Morgan fingerprint density at radius 3 is 2.48 bits per heavy atom. The van der Waals surface area contributed by atoms with Gasteiger partial charge in [-0.3, -0.25) is 0 Å². The maximum absolute atomic E-state index is 12.3. The number of ether oxygens (including phenoxy) is 1. The molecule has 126 valence electrons. The monoisotopic (exact) mass is 367 g/mol. The zero-order valence-electron chi connectivity index (χ0n) is 13.9. The van der Waals surface area contributed by atoms with Gasteiger partial charge in [-0.1, -0.05) is 42.5 Å². The summed E-state index contributed by atoms with van der Waals surface area (Å²) in [5.74, 6) is -0.386. The maximum atomic E-state index is 12.3. The number of hydrogen-bond acceptors (Lipinski definition) is 5. The van der Waals surface area contributed by atoms with Gasteiger partial charge in [-0.2, -0.15) is 0 Å². The van der Waals surface area contributed by atoms with Crippen molar-refractivity contribution in [3.8, 4) is 11.3 Å². The normalized spacial score (nSPS) is 11.4. The average Bonchev–Trinajstić information content (AvgIpc) is 3.16. The van der Waals surface area contributed by atoms with E-state index >= 15 is 0 Å². The third-order valence-corrected chi connectivity index (χ3v) is 5.26. The van der Waals surface area contributed by atoms with Gasteiger partial charge < -0.3 is 4.74 Å². The molecule has 0 bridgehead atoms. The third kappa shape index (κ3) is 4.18. The second kappa shape index (κ2) is 8.14. The van der Waals surface area contributed by atoms with Crippen LogP contribution in [0.3, 0.4) is 0 Å². The van der Waals surface area contributed by atoms with E-state index in [0.29, 0.717) is 10.6 Å². The second-order valence-corrected chi connectivity index (χ2v) is 6.96. The van der Waals surface area contributed by atoms with Gasteiger partial charge in [0.2, 0.25) is 0 Å². The molecule has 0 spiro atoms. The van der Waals surface area contributed by atoms with E-state index in [2.05, 4.69) is 4.98 Å². The molecule has 0 saturated carbocycles. The molecule has 0 fully saturated rings. The highest BCUT2D eigenvalue weighted by Crippen LogP contribution is 2.28. The van der Waals surface area contributed by atoms with Crippen LogP contribution in [0.2, 0.25) is 0 Å². The van der Waals surface area contributed by atoms with Crippen molar-refractivity contribution in [1.29, 1.82) is 0 Å². The predicted molar refractivity (Wildman–Crippen MR) is 106 cm³/mol. The molecule has 0 saturated heterocycles. The lowest BCUT2D eigenvalue weighted by molar-refractivity contribution is -0.133. The fourth-order valence-electron chi connectivity index (χ4n) is 2.32. The van der Waals surface area contributed by atoms with Gasteiger partial charge in [0.05, 0.1) is 18.4 Å². The quantitative estimate of drug-likeness (QED) is 0.351. The van der Waals surface area contributed by atoms with Crippen molar-refractivity contribution in [2.24, 2.45) is 0 Å². The molecule has 25 heavy (non-hydrogen) atoms. The van der Waals surface area contributed by atoms with Crippen LogP contribution in [0.1, 0.15) is 10.6 Å². The highest BCUT2D eigenvalue weighted by Gasteiger charge is 2.17. The molecule has 0 N–H and O–H groups in total. The Morgan fingerprint density at radius 2 is 1.84 bits per heavy atom. The van der Waals surface area contributed by atoms with Gasteiger partial charge in [0, 0.05) is 15.8 Å². The topological polar surface area (TPSA) is 39.2 Å². The van der Waals surface area contributed by atoms with Gasteiger partial charge in [0.1, 0.15) is 5.01 Å². The molecule has 1 heterocycles. The van der Waals surface area contributed by atoms with Gasteiger partial charge in [-0.15, -0.1) is 23.1 Å². The Labute approximate surface area is 155 Å². The lowest BCUT2D eigenvalue weighted by Crippen LogP contribution is -2.03. The van der Waals surface area contributed by atoms with Crippen LogP contribution in [0.5, 0.6) is 0 Å². The van der Waals surface area contributed by atoms with Crippen molar-refractivity contribution in [1.82, 2.24) is 4.98 Å². The number of thioether (sulfide) groups is 1. The fraction of sp³-hybridized carbons (Fsp3) is 0.100. The summed E-state index contributed by atoms with van der Waals surface area (Å²) < 4.78 is 4.95. The van der Waals surface area contributed by atoms with Gasteiger partial charge in [-0.25, -0.2) is 9.78 Å². The Hall–Kier alpha value is -2.37. The van der Waals surface area contributed by atoms with Crippen LogP contribution >= 0.6 is 23.1 Å². The molecule has 3 aromatic rings. The zero-order valence-corrected chi connectivity index (χ0v) is 15.6. The average molecular weight is 367 g/mol. The second-order valence-electron chi connectivity index (χ2n) is 5.23. The van der Waals surface area contributed by atoms with E-state index < -0.39 is 0 Å². The van der Waals surface area contributed by atoms with Crippen LogP contribution in [-0.4, -0.2) is 24.3 Å². The third-order valence-electron chi connectivity index (χ3n) is 3.64. The van der Waals surface area contributed by atoms with Crippen molar-refractivity contribution < 1.29 is 9.53 Å². The highest BCUT2D eigenvalue weighted by molar-refractivity contribution is 7.98. The molecule has 3 nitrogen and oxygen atoms in total. The van der Waals surface area contributed by atoms with E-state index in [1.54, 1.807) is 11.8 Å². The van der Waals surface area contributed by atoms with Crippen molar-refractivity contribution in [2.75, 3.05) is 13.4 Å². The van der Waals surface area contributed by atoms with Crippen LogP contribution < -0.4 is 0 Å². The lowest BCUT2D eigenvalue weighted by atomic mass is 10.1. The number of esters is 1. The zero-order chi connectivity index (χ0) is 17.6. The number of carbonyl (C=O) groups is 1. The maximum Gasteiger partial charge on any atom is 0.340 e. The minimum absolute atomic E-state index is 0.386. The molecule has 1 aromatic heterocycles. The summed E-state index contributed by atoms with van der Waals surface area (Å²) in [6.07, 6.45) is 3.86. The molecule has 5 heteroatoms. The smallest absolute Gasteiger partial charge is 0.340 e. The van der Waals surface area contributed by atoms with Gasteiger partial charge in [-0.05, 0) is 30.0 Å². The van der Waals surface area contributed by atoms with Crippen LogP contribution in [0.25, 0.3) is 22.9 Å². The number of hydrogen-bond donors (Lipinski definition) is 0. The number of methoxy groups -OCH3 is 1. The minimum Gasteiger partial charge on any atom is -0.465 e. The molecule has 2 aromatic carbocycles. The standard InChI is InChI=1S/C20H17NO2S2/c1-23-20(22)17(12-14-8-10-16(24-2)11-9-14)19-21-18(13-25-19)15-6-4-3-5-7-15/h3-13H,1-2H3/b17-12-. The number of nitrogens with zero attached hydrogens (tertiary/aromatic N) is 1. The van der Waals surface area contributed by atoms with Crippen LogP contribution in [0, 0.1) is 0 Å². The molecule has 0 amide bonds. The molecule has 0 atom stereocenters. The summed E-state index contributed by atoms with van der Waals surface area (Å²) >= 11 is 3.12. The first-order valence-corrected chi connectivity index (χ1v) is 9.77. The van der Waals surface area contributed by atoms with Gasteiger partial charge in [0.25, 0.3) is 0 Å². The van der Waals surface area contributed by atoms with Gasteiger partial charge in [0.15, 0.2) is 0 Å². The molecule has 0 aliphatic carbocycles. The first kappa shape index (κ1) is 17.5. The highest BCUT2D eigenvalue weighted by atomic mass is 32.2. The van der Waals surface area contributed by atoms with E-state index in [9.17, 15) is 4.79 Å². The van der Waals surface area contributed by atoms with Crippen LogP contribution in [-0.2, 0) is 9.53 Å². The van der Waals surface area contributed by atoms with Crippen molar-refractivity contribution >= 4 is 40.7 Å². The molecular formula is C20H17NO2S2. The molecule has 3 rings (SSSR count). The van der Waals surface area contributed by atoms with Crippen molar-refractivity contribution in [3.63, 3.8) is 0 Å². The predicted octanol–water partition coefficient (Wildman–Crippen LogP) is 5.25. The Kier molecular flexibility index (Phi) is 5.68.